The van der Waals surface area contributed by atoms with E-state index in [-0.39, 0.29) is 18.9 Å². The van der Waals surface area contributed by atoms with Crippen molar-refractivity contribution >= 4 is 22.9 Å². The van der Waals surface area contributed by atoms with Gasteiger partial charge < -0.3 is 14.5 Å². The van der Waals surface area contributed by atoms with Crippen LogP contribution in [0.2, 0.25) is 0 Å². The van der Waals surface area contributed by atoms with E-state index in [9.17, 15) is 4.79 Å². The fourth-order valence-electron chi connectivity index (χ4n) is 3.93. The van der Waals surface area contributed by atoms with Crippen LogP contribution in [0.3, 0.4) is 0 Å². The number of ketones is 1. The van der Waals surface area contributed by atoms with Gasteiger partial charge in [-0.05, 0) is 38.0 Å². The molecule has 1 aliphatic rings. The van der Waals surface area contributed by atoms with Crippen LogP contribution in [-0.2, 0) is 9.53 Å². The quantitative estimate of drug-likeness (QED) is 0.610. The molecule has 29 heavy (non-hydrogen) atoms. The van der Waals surface area contributed by atoms with Gasteiger partial charge in [-0.3, -0.25) is 9.79 Å². The fourth-order valence-corrected chi connectivity index (χ4v) is 3.93. The number of H-pyrrole nitrogens is 1. The zero-order valence-corrected chi connectivity index (χ0v) is 16.9. The lowest BCUT2D eigenvalue weighted by Crippen LogP contribution is -2.16. The number of Topliss-reactive ketones (excluding diaryl/α,β-unsaturated/α-hetero) is 1. The summed E-state index contributed by atoms with van der Waals surface area (Å²) >= 11 is 0. The second-order valence-electron chi connectivity index (χ2n) is 7.64. The van der Waals surface area contributed by atoms with E-state index in [4.69, 9.17) is 9.47 Å². The van der Waals surface area contributed by atoms with Gasteiger partial charge >= 0.3 is 0 Å². The first kappa shape index (κ1) is 19.4. The Labute approximate surface area is 170 Å². The SMILES string of the molecule is Cc1cc(C)c(OCC(=O)CN=Cc2cccc3[nH]ccc23)c(C2CCOC2)c1. The molecule has 1 aliphatic heterocycles. The molecular weight excluding hydrogens is 364 g/mol. The highest BCUT2D eigenvalue weighted by Crippen LogP contribution is 2.35. The number of aromatic nitrogens is 1. The molecule has 5 nitrogen and oxygen atoms in total. The predicted octanol–water partition coefficient (Wildman–Crippen LogP) is 4.36. The van der Waals surface area contributed by atoms with Gasteiger partial charge in [0.15, 0.2) is 5.78 Å². The molecule has 2 heterocycles. The maximum atomic E-state index is 12.4. The molecule has 0 spiro atoms. The van der Waals surface area contributed by atoms with Crippen molar-refractivity contribution in [2.75, 3.05) is 26.4 Å². The number of nitrogens with one attached hydrogen (secondary N) is 1. The lowest BCUT2D eigenvalue weighted by Gasteiger charge is -2.18. The number of carbonyl (C=O) groups excluding carboxylic acids is 1. The number of hydrogen-bond acceptors (Lipinski definition) is 4. The number of nitrogens with zero attached hydrogens (tertiary/aromatic N) is 1. The summed E-state index contributed by atoms with van der Waals surface area (Å²) in [5.74, 6) is 1.11. The number of hydrogen-bond donors (Lipinski definition) is 1. The predicted molar refractivity (Wildman–Crippen MR) is 115 cm³/mol. The largest absolute Gasteiger partial charge is 0.485 e. The Kier molecular flexibility index (Phi) is 5.76. The minimum atomic E-state index is -0.0453. The Bertz CT molecular complexity index is 1050. The van der Waals surface area contributed by atoms with Crippen LogP contribution in [0.4, 0.5) is 0 Å². The fraction of sp³-hybridized carbons (Fsp3) is 0.333. The summed E-state index contributed by atoms with van der Waals surface area (Å²) in [7, 11) is 0. The Morgan fingerprint density at radius 1 is 1.31 bits per heavy atom. The summed E-state index contributed by atoms with van der Waals surface area (Å²) in [4.78, 5) is 19.9. The highest BCUT2D eigenvalue weighted by atomic mass is 16.5. The average molecular weight is 390 g/mol. The van der Waals surface area contributed by atoms with Gasteiger partial charge in [0.05, 0.1) is 6.61 Å². The number of fused-ring (bicyclic) bond motifs is 1. The molecule has 5 heteroatoms. The summed E-state index contributed by atoms with van der Waals surface area (Å²) in [5, 5.41) is 1.10. The van der Waals surface area contributed by atoms with E-state index < -0.39 is 0 Å². The molecule has 1 saturated heterocycles. The number of aliphatic imine (C=N–C) groups is 1. The molecule has 1 N–H and O–H groups in total. The number of rotatable bonds is 7. The summed E-state index contributed by atoms with van der Waals surface area (Å²) < 4.78 is 11.5. The number of carbonyl (C=O) groups is 1. The van der Waals surface area contributed by atoms with E-state index in [1.165, 1.54) is 5.56 Å². The van der Waals surface area contributed by atoms with Gasteiger partial charge in [-0.2, -0.15) is 0 Å². The lowest BCUT2D eigenvalue weighted by molar-refractivity contribution is -0.119. The Balaban J connectivity index is 1.40. The van der Waals surface area contributed by atoms with Crippen molar-refractivity contribution < 1.29 is 14.3 Å². The smallest absolute Gasteiger partial charge is 0.191 e. The summed E-state index contributed by atoms with van der Waals surface area (Å²) in [6, 6.07) is 12.2. The first-order valence-electron chi connectivity index (χ1n) is 10.0. The van der Waals surface area contributed by atoms with Crippen molar-refractivity contribution in [2.24, 2.45) is 4.99 Å². The van der Waals surface area contributed by atoms with E-state index in [2.05, 4.69) is 29.0 Å². The van der Waals surface area contributed by atoms with Crippen LogP contribution in [0, 0.1) is 13.8 Å². The van der Waals surface area contributed by atoms with Crippen LogP contribution in [-0.4, -0.2) is 43.3 Å². The topological polar surface area (TPSA) is 63.7 Å². The van der Waals surface area contributed by atoms with Crippen LogP contribution in [0.5, 0.6) is 5.75 Å². The van der Waals surface area contributed by atoms with Crippen molar-refractivity contribution in [1.29, 1.82) is 0 Å². The van der Waals surface area contributed by atoms with Gasteiger partial charge in [0.1, 0.15) is 18.9 Å². The van der Waals surface area contributed by atoms with Crippen molar-refractivity contribution in [3.8, 4) is 5.75 Å². The molecule has 1 aromatic heterocycles. The van der Waals surface area contributed by atoms with Gasteiger partial charge in [0.2, 0.25) is 0 Å². The number of aryl methyl sites for hydroxylation is 2. The van der Waals surface area contributed by atoms with E-state index in [1.807, 2.05) is 37.4 Å². The molecule has 0 radical (unpaired) electrons. The number of benzene rings is 2. The molecule has 0 aliphatic carbocycles. The normalized spacial score (nSPS) is 16.7. The van der Waals surface area contributed by atoms with Crippen LogP contribution in [0.1, 0.15) is 34.6 Å². The van der Waals surface area contributed by atoms with Crippen molar-refractivity contribution in [1.82, 2.24) is 4.98 Å². The molecule has 2 aromatic carbocycles. The summed E-state index contributed by atoms with van der Waals surface area (Å²) in [6.07, 6.45) is 4.65. The molecule has 1 atom stereocenters. The summed E-state index contributed by atoms with van der Waals surface area (Å²) in [5.41, 5.74) is 5.46. The van der Waals surface area contributed by atoms with Crippen LogP contribution < -0.4 is 4.74 Å². The van der Waals surface area contributed by atoms with Gasteiger partial charge in [0.25, 0.3) is 0 Å². The van der Waals surface area contributed by atoms with Gasteiger partial charge in [0, 0.05) is 47.0 Å². The van der Waals surface area contributed by atoms with Gasteiger partial charge in [-0.15, -0.1) is 0 Å². The molecule has 3 aromatic rings. The first-order valence-corrected chi connectivity index (χ1v) is 10.0. The number of aromatic amines is 1. The van der Waals surface area contributed by atoms with Crippen LogP contribution in [0.15, 0.2) is 47.6 Å². The Morgan fingerprint density at radius 3 is 3.03 bits per heavy atom. The second-order valence-corrected chi connectivity index (χ2v) is 7.64. The highest BCUT2D eigenvalue weighted by molar-refractivity contribution is 5.99. The van der Waals surface area contributed by atoms with Crippen molar-refractivity contribution in [3.63, 3.8) is 0 Å². The standard InChI is InChI=1S/C24H26N2O3/c1-16-10-17(2)24(22(11-16)19-7-9-28-14-19)29-15-20(27)13-25-12-18-4-3-5-23-21(18)6-8-26-23/h3-6,8,10-12,19,26H,7,9,13-15H2,1-2H3. The molecular formula is C24H26N2O3. The second kappa shape index (κ2) is 8.62. The van der Waals surface area contributed by atoms with Gasteiger partial charge in [-0.1, -0.05) is 29.8 Å². The zero-order valence-electron chi connectivity index (χ0n) is 16.9. The molecule has 150 valence electrons. The first-order chi connectivity index (χ1) is 14.1. The number of ether oxygens (including phenoxy) is 2. The molecule has 0 saturated carbocycles. The Hall–Kier alpha value is -2.92. The highest BCUT2D eigenvalue weighted by Gasteiger charge is 2.23. The maximum absolute atomic E-state index is 12.4. The monoisotopic (exact) mass is 390 g/mol. The van der Waals surface area contributed by atoms with Crippen molar-refractivity contribution in [2.45, 2.75) is 26.2 Å². The third-order valence-electron chi connectivity index (χ3n) is 5.32. The third-order valence-corrected chi connectivity index (χ3v) is 5.32. The zero-order chi connectivity index (χ0) is 20.2. The molecule has 4 rings (SSSR count). The molecule has 1 unspecified atom stereocenters. The third kappa shape index (κ3) is 4.40. The Morgan fingerprint density at radius 2 is 2.21 bits per heavy atom. The molecule has 0 amide bonds. The van der Waals surface area contributed by atoms with E-state index in [1.54, 1.807) is 6.21 Å². The van der Waals surface area contributed by atoms with E-state index in [0.717, 1.165) is 46.4 Å². The van der Waals surface area contributed by atoms with E-state index >= 15 is 0 Å². The molecule has 0 bridgehead atoms. The summed E-state index contributed by atoms with van der Waals surface area (Å²) in [6.45, 7) is 5.73. The minimum absolute atomic E-state index is 0.0240. The van der Waals surface area contributed by atoms with Crippen LogP contribution >= 0.6 is 0 Å². The average Bonchev–Trinajstić information content (AvgIpc) is 3.39. The van der Waals surface area contributed by atoms with Crippen LogP contribution in [0.25, 0.3) is 10.9 Å². The minimum Gasteiger partial charge on any atom is -0.485 e. The lowest BCUT2D eigenvalue weighted by atomic mass is 9.93. The van der Waals surface area contributed by atoms with Gasteiger partial charge in [-0.25, -0.2) is 0 Å². The van der Waals surface area contributed by atoms with Crippen molar-refractivity contribution in [3.05, 3.63) is 64.8 Å². The van der Waals surface area contributed by atoms with E-state index in [0.29, 0.717) is 12.5 Å². The maximum Gasteiger partial charge on any atom is 0.191 e. The molecule has 1 fully saturated rings.